The van der Waals surface area contributed by atoms with Gasteiger partial charge >= 0.3 is 0 Å². The Balaban J connectivity index is 1.51. The van der Waals surface area contributed by atoms with Crippen LogP contribution in [0.3, 0.4) is 0 Å². The maximum absolute atomic E-state index is 13.9. The van der Waals surface area contributed by atoms with Crippen molar-refractivity contribution in [3.8, 4) is 0 Å². The van der Waals surface area contributed by atoms with Crippen molar-refractivity contribution in [1.82, 2.24) is 30.5 Å². The Morgan fingerprint density at radius 1 is 1.26 bits per heavy atom. The maximum Gasteiger partial charge on any atom is 0.247 e. The molecule has 188 valence electrons. The van der Waals surface area contributed by atoms with E-state index in [1.165, 1.54) is 4.90 Å². The molecule has 35 heavy (non-hydrogen) atoms. The average Bonchev–Trinajstić information content (AvgIpc) is 3.53. The molecule has 6 atom stereocenters. The van der Waals surface area contributed by atoms with Gasteiger partial charge in [0.15, 0.2) is 0 Å². The summed E-state index contributed by atoms with van der Waals surface area (Å²) in [5.41, 5.74) is -0.499. The predicted octanol–water partition coefficient (Wildman–Crippen LogP) is 0.0326. The second kappa shape index (κ2) is 8.27. The summed E-state index contributed by atoms with van der Waals surface area (Å²) in [5, 5.41) is 24.0. The zero-order valence-corrected chi connectivity index (χ0v) is 20.4. The van der Waals surface area contributed by atoms with E-state index in [4.69, 9.17) is 4.74 Å². The summed E-state index contributed by atoms with van der Waals surface area (Å²) in [7, 11) is 1.54. The third-order valence-corrected chi connectivity index (χ3v) is 8.13. The number of para-hydroxylation sites is 1. The fourth-order valence-electron chi connectivity index (χ4n) is 6.48. The zero-order chi connectivity index (χ0) is 25.1. The number of carbonyl (C=O) groups is 3. The number of carbonyl (C=O) groups excluding carboxylic acids is 3. The van der Waals surface area contributed by atoms with Gasteiger partial charge in [-0.3, -0.25) is 14.4 Å². The molecule has 4 heterocycles. The Morgan fingerprint density at radius 2 is 2.00 bits per heavy atom. The van der Waals surface area contributed by atoms with Gasteiger partial charge in [-0.25, -0.2) is 4.68 Å². The predicted molar refractivity (Wildman–Crippen MR) is 125 cm³/mol. The van der Waals surface area contributed by atoms with Crippen LogP contribution >= 0.6 is 0 Å². The first-order valence-electron chi connectivity index (χ1n) is 12.1. The minimum Gasteiger partial charge on any atom is -0.394 e. The molecular weight excluding hydrogens is 452 g/mol. The molecule has 1 aromatic heterocycles. The molecule has 11 heteroatoms. The van der Waals surface area contributed by atoms with E-state index >= 15 is 0 Å². The highest BCUT2D eigenvalue weighted by Gasteiger charge is 2.78. The first kappa shape index (κ1) is 23.7. The lowest BCUT2D eigenvalue weighted by Crippen LogP contribution is -2.59. The molecule has 2 aromatic rings. The SMILES string of the molecule is CNC(=O)[C@H]1[C@H]2C(=O)N([C@@H](CO)C(C)C)C(C(=O)NCn3nnc4ccccc43)C23CC[C@]1(C)O3. The standard InChI is InChI=1S/C24H32N6O5/c1-13(2)16(11-31)30-19(21(33)26-12-29-15-8-6-5-7-14(15)27-28-29)24-10-9-23(3,35-24)17(20(32)25-4)18(24)22(30)34/h5-8,13,16-19,31H,9-12H2,1-4H3,(H,25,32)(H,26,33)/t16-,17+,18-,19?,23-,24?/m0/s1. The van der Waals surface area contributed by atoms with Crippen molar-refractivity contribution < 1.29 is 24.2 Å². The molecule has 3 N–H and O–H groups in total. The number of likely N-dealkylation sites (tertiary alicyclic amines) is 1. The third-order valence-electron chi connectivity index (χ3n) is 8.13. The molecule has 0 radical (unpaired) electrons. The first-order valence-corrected chi connectivity index (χ1v) is 12.1. The van der Waals surface area contributed by atoms with Crippen molar-refractivity contribution in [1.29, 1.82) is 0 Å². The lowest BCUT2D eigenvalue weighted by atomic mass is 9.66. The summed E-state index contributed by atoms with van der Waals surface area (Å²) in [6.07, 6.45) is 1.04. The Labute approximate surface area is 203 Å². The van der Waals surface area contributed by atoms with E-state index in [0.29, 0.717) is 18.4 Å². The van der Waals surface area contributed by atoms with E-state index in [-0.39, 0.29) is 31.0 Å². The van der Waals surface area contributed by atoms with Gasteiger partial charge < -0.3 is 25.4 Å². The first-order chi connectivity index (χ1) is 16.7. The average molecular weight is 485 g/mol. The number of ether oxygens (including phenoxy) is 1. The van der Waals surface area contributed by atoms with E-state index in [1.54, 1.807) is 11.7 Å². The topological polar surface area (TPSA) is 139 Å². The van der Waals surface area contributed by atoms with E-state index in [1.807, 2.05) is 45.0 Å². The van der Waals surface area contributed by atoms with Gasteiger partial charge in [-0.05, 0) is 37.8 Å². The summed E-state index contributed by atoms with van der Waals surface area (Å²) in [6, 6.07) is 5.85. The fourth-order valence-corrected chi connectivity index (χ4v) is 6.48. The zero-order valence-electron chi connectivity index (χ0n) is 20.4. The number of amides is 3. The molecule has 0 saturated carbocycles. The molecule has 3 aliphatic heterocycles. The van der Waals surface area contributed by atoms with Crippen LogP contribution in [0.1, 0.15) is 33.6 Å². The third kappa shape index (κ3) is 3.28. The van der Waals surface area contributed by atoms with Crippen molar-refractivity contribution in [2.75, 3.05) is 13.7 Å². The number of aromatic nitrogens is 3. The van der Waals surface area contributed by atoms with Gasteiger partial charge in [0, 0.05) is 7.05 Å². The van der Waals surface area contributed by atoms with Crippen LogP contribution < -0.4 is 10.6 Å². The molecule has 3 amide bonds. The van der Waals surface area contributed by atoms with Crippen LogP contribution in [0, 0.1) is 17.8 Å². The number of benzene rings is 1. The van der Waals surface area contributed by atoms with Gasteiger partial charge in [0.05, 0.1) is 35.6 Å². The normalized spacial score (nSPS) is 32.3. The minimum absolute atomic E-state index is 0.0558. The van der Waals surface area contributed by atoms with Crippen LogP contribution in [-0.4, -0.2) is 79.7 Å². The van der Waals surface area contributed by atoms with E-state index in [0.717, 1.165) is 5.52 Å². The largest absolute Gasteiger partial charge is 0.394 e. The van der Waals surface area contributed by atoms with Crippen LogP contribution in [0.2, 0.25) is 0 Å². The van der Waals surface area contributed by atoms with Crippen molar-refractivity contribution in [2.45, 2.75) is 63.6 Å². The number of nitrogens with one attached hydrogen (secondary N) is 2. The summed E-state index contributed by atoms with van der Waals surface area (Å²) in [4.78, 5) is 42.1. The van der Waals surface area contributed by atoms with E-state index in [9.17, 15) is 19.5 Å². The van der Waals surface area contributed by atoms with Crippen molar-refractivity contribution >= 4 is 28.8 Å². The molecule has 11 nitrogen and oxygen atoms in total. The smallest absolute Gasteiger partial charge is 0.247 e. The number of aliphatic hydroxyl groups is 1. The van der Waals surface area contributed by atoms with Gasteiger partial charge in [-0.1, -0.05) is 31.2 Å². The highest BCUT2D eigenvalue weighted by molar-refractivity contribution is 5.99. The number of fused-ring (bicyclic) bond motifs is 2. The van der Waals surface area contributed by atoms with Gasteiger partial charge in [-0.2, -0.15) is 0 Å². The van der Waals surface area contributed by atoms with E-state index in [2.05, 4.69) is 20.9 Å². The minimum atomic E-state index is -1.14. The number of hydrogen-bond acceptors (Lipinski definition) is 7. The number of nitrogens with zero attached hydrogens (tertiary/aromatic N) is 4. The van der Waals surface area contributed by atoms with E-state index < -0.39 is 41.0 Å². The van der Waals surface area contributed by atoms with Crippen molar-refractivity contribution in [2.24, 2.45) is 17.8 Å². The van der Waals surface area contributed by atoms with Crippen LogP contribution in [0.15, 0.2) is 24.3 Å². The molecule has 0 aliphatic carbocycles. The van der Waals surface area contributed by atoms with Gasteiger partial charge in [-0.15, -0.1) is 5.10 Å². The van der Waals surface area contributed by atoms with Crippen LogP contribution in [0.4, 0.5) is 0 Å². The number of hydrogen-bond donors (Lipinski definition) is 3. The molecule has 2 bridgehead atoms. The van der Waals surface area contributed by atoms with Crippen LogP contribution in [-0.2, 0) is 25.8 Å². The monoisotopic (exact) mass is 484 g/mol. The molecule has 5 rings (SSSR count). The molecule has 3 fully saturated rings. The molecule has 1 spiro atoms. The molecule has 1 aromatic carbocycles. The molecular formula is C24H32N6O5. The summed E-state index contributed by atoms with van der Waals surface area (Å²) < 4.78 is 8.10. The Hall–Kier alpha value is -3.05. The lowest BCUT2D eigenvalue weighted by molar-refractivity contribution is -0.151. The highest BCUT2D eigenvalue weighted by Crippen LogP contribution is 2.63. The second-order valence-electron chi connectivity index (χ2n) is 10.4. The summed E-state index contributed by atoms with van der Waals surface area (Å²) in [6.45, 7) is 5.39. The van der Waals surface area contributed by atoms with Crippen LogP contribution in [0.5, 0.6) is 0 Å². The second-order valence-corrected chi connectivity index (χ2v) is 10.4. The summed E-state index contributed by atoms with van der Waals surface area (Å²) in [5.74, 6) is -2.60. The number of aliphatic hydroxyl groups excluding tert-OH is 1. The molecule has 3 saturated heterocycles. The Morgan fingerprint density at radius 3 is 2.69 bits per heavy atom. The van der Waals surface area contributed by atoms with Crippen molar-refractivity contribution in [3.63, 3.8) is 0 Å². The molecule has 2 unspecified atom stereocenters. The molecule has 3 aliphatic rings. The number of rotatable bonds is 7. The van der Waals surface area contributed by atoms with Gasteiger partial charge in [0.2, 0.25) is 17.7 Å². The quantitative estimate of drug-likeness (QED) is 0.504. The lowest BCUT2D eigenvalue weighted by Gasteiger charge is -2.38. The highest BCUT2D eigenvalue weighted by atomic mass is 16.5. The maximum atomic E-state index is 13.9. The van der Waals surface area contributed by atoms with Crippen molar-refractivity contribution in [3.05, 3.63) is 24.3 Å². The Bertz CT molecular complexity index is 1180. The Kier molecular flexibility index (Phi) is 5.59. The fraction of sp³-hybridized carbons (Fsp3) is 0.625. The van der Waals surface area contributed by atoms with Gasteiger partial charge in [0.25, 0.3) is 0 Å². The summed E-state index contributed by atoms with van der Waals surface area (Å²) >= 11 is 0. The van der Waals surface area contributed by atoms with Gasteiger partial charge in [0.1, 0.15) is 23.8 Å². The van der Waals surface area contributed by atoms with Crippen LogP contribution in [0.25, 0.3) is 11.0 Å².